The molecule has 1 aromatic carbocycles. The van der Waals surface area contributed by atoms with Crippen molar-refractivity contribution in [2.24, 2.45) is 5.92 Å². The molecule has 2 rings (SSSR count). The Morgan fingerprint density at radius 1 is 1.53 bits per heavy atom. The van der Waals surface area contributed by atoms with Gasteiger partial charge in [0.15, 0.2) is 0 Å². The van der Waals surface area contributed by atoms with E-state index in [0.29, 0.717) is 12.5 Å². The number of ether oxygens (including phenoxy) is 2. The molecule has 0 spiro atoms. The van der Waals surface area contributed by atoms with Crippen LogP contribution in [0.3, 0.4) is 0 Å². The maximum Gasteiger partial charge on any atom is 0.142 e. The number of hydrogen-bond donors (Lipinski definition) is 1. The predicted octanol–water partition coefficient (Wildman–Crippen LogP) is 3.19. The summed E-state index contributed by atoms with van der Waals surface area (Å²) < 4.78 is 10.9. The van der Waals surface area contributed by atoms with E-state index < -0.39 is 0 Å². The van der Waals surface area contributed by atoms with Crippen LogP contribution in [0.5, 0.6) is 5.75 Å². The van der Waals surface area contributed by atoms with Crippen molar-refractivity contribution < 1.29 is 9.47 Å². The Kier molecular flexibility index (Phi) is 4.51. The summed E-state index contributed by atoms with van der Waals surface area (Å²) in [6.07, 6.45) is 1.12. The molecule has 1 N–H and O–H groups in total. The number of halogens is 1. The highest BCUT2D eigenvalue weighted by atomic mass is 35.5. The molecule has 4 heteroatoms. The first-order valence-electron chi connectivity index (χ1n) is 6.03. The molecule has 0 bridgehead atoms. The van der Waals surface area contributed by atoms with E-state index in [4.69, 9.17) is 21.1 Å². The number of hydrogen-bond acceptors (Lipinski definition) is 3. The topological polar surface area (TPSA) is 30.5 Å². The van der Waals surface area contributed by atoms with E-state index in [1.54, 1.807) is 0 Å². The Bertz CT molecular complexity index is 364. The summed E-state index contributed by atoms with van der Waals surface area (Å²) in [5.41, 5.74) is 0.964. The molecule has 1 aliphatic heterocycles. The first-order valence-corrected chi connectivity index (χ1v) is 6.41. The van der Waals surface area contributed by atoms with E-state index in [1.807, 2.05) is 25.1 Å². The van der Waals surface area contributed by atoms with Gasteiger partial charge in [0.05, 0.1) is 18.9 Å². The molecule has 17 heavy (non-hydrogen) atoms. The highest BCUT2D eigenvalue weighted by Crippen LogP contribution is 2.28. The Balaban J connectivity index is 1.99. The molecule has 1 aliphatic rings. The standard InChI is InChI=1S/C13H18ClNO2/c1-2-17-13-4-3-11(14)7-12(13)15-8-10-5-6-16-9-10/h3-4,7,10,15H,2,5-6,8-9H2,1H3. The number of nitrogens with one attached hydrogen (secondary N) is 1. The zero-order chi connectivity index (χ0) is 12.1. The van der Waals surface area contributed by atoms with Crippen molar-refractivity contribution >= 4 is 17.3 Å². The van der Waals surface area contributed by atoms with E-state index in [2.05, 4.69) is 5.32 Å². The molecule has 1 saturated heterocycles. The van der Waals surface area contributed by atoms with Crippen molar-refractivity contribution in [1.82, 2.24) is 0 Å². The highest BCUT2D eigenvalue weighted by molar-refractivity contribution is 6.30. The fourth-order valence-corrected chi connectivity index (χ4v) is 2.09. The van der Waals surface area contributed by atoms with Crippen LogP contribution in [0, 0.1) is 5.92 Å². The van der Waals surface area contributed by atoms with Gasteiger partial charge in [-0.3, -0.25) is 0 Å². The Morgan fingerprint density at radius 3 is 3.12 bits per heavy atom. The fourth-order valence-electron chi connectivity index (χ4n) is 1.92. The number of rotatable bonds is 5. The zero-order valence-electron chi connectivity index (χ0n) is 10.0. The van der Waals surface area contributed by atoms with Crippen LogP contribution in [0.15, 0.2) is 18.2 Å². The lowest BCUT2D eigenvalue weighted by Gasteiger charge is -2.15. The highest BCUT2D eigenvalue weighted by Gasteiger charge is 2.15. The third-order valence-electron chi connectivity index (χ3n) is 2.85. The van der Waals surface area contributed by atoms with Gasteiger partial charge in [-0.05, 0) is 31.5 Å². The van der Waals surface area contributed by atoms with Crippen LogP contribution in [0.1, 0.15) is 13.3 Å². The summed E-state index contributed by atoms with van der Waals surface area (Å²) in [4.78, 5) is 0. The van der Waals surface area contributed by atoms with Gasteiger partial charge in [-0.15, -0.1) is 0 Å². The van der Waals surface area contributed by atoms with Crippen molar-refractivity contribution in [2.45, 2.75) is 13.3 Å². The van der Waals surface area contributed by atoms with Crippen LogP contribution in [0.4, 0.5) is 5.69 Å². The van der Waals surface area contributed by atoms with Gasteiger partial charge in [-0.1, -0.05) is 11.6 Å². The second kappa shape index (κ2) is 6.12. The fraction of sp³-hybridized carbons (Fsp3) is 0.538. The summed E-state index contributed by atoms with van der Waals surface area (Å²) in [5, 5.41) is 4.11. The molecule has 1 aromatic rings. The minimum absolute atomic E-state index is 0.587. The molecule has 0 aliphatic carbocycles. The van der Waals surface area contributed by atoms with Crippen molar-refractivity contribution in [2.75, 3.05) is 31.7 Å². The van der Waals surface area contributed by atoms with Crippen molar-refractivity contribution in [1.29, 1.82) is 0 Å². The third-order valence-corrected chi connectivity index (χ3v) is 3.08. The first-order chi connectivity index (χ1) is 8.29. The molecule has 1 unspecified atom stereocenters. The summed E-state index contributed by atoms with van der Waals surface area (Å²) in [6.45, 7) is 5.25. The molecule has 1 atom stereocenters. The normalized spacial score (nSPS) is 19.3. The van der Waals surface area contributed by atoms with Gasteiger partial charge in [-0.25, -0.2) is 0 Å². The molecule has 1 heterocycles. The van der Waals surface area contributed by atoms with E-state index in [9.17, 15) is 0 Å². The second-order valence-corrected chi connectivity index (χ2v) is 4.62. The molecular weight excluding hydrogens is 238 g/mol. The van der Waals surface area contributed by atoms with Gasteiger partial charge >= 0.3 is 0 Å². The quantitative estimate of drug-likeness (QED) is 0.877. The average molecular weight is 256 g/mol. The smallest absolute Gasteiger partial charge is 0.142 e. The molecule has 0 amide bonds. The Labute approximate surface area is 107 Å². The molecule has 0 saturated carbocycles. The molecule has 1 fully saturated rings. The lowest BCUT2D eigenvalue weighted by molar-refractivity contribution is 0.187. The summed E-state index contributed by atoms with van der Waals surface area (Å²) in [5.74, 6) is 1.44. The monoisotopic (exact) mass is 255 g/mol. The van der Waals surface area contributed by atoms with Gasteiger partial charge in [0.1, 0.15) is 5.75 Å². The van der Waals surface area contributed by atoms with E-state index in [-0.39, 0.29) is 0 Å². The van der Waals surface area contributed by atoms with Crippen LogP contribution in [-0.2, 0) is 4.74 Å². The second-order valence-electron chi connectivity index (χ2n) is 4.18. The van der Waals surface area contributed by atoms with E-state index in [1.165, 1.54) is 0 Å². The summed E-state index contributed by atoms with van der Waals surface area (Å²) in [6, 6.07) is 5.65. The van der Waals surface area contributed by atoms with Crippen LogP contribution in [0.2, 0.25) is 5.02 Å². The largest absolute Gasteiger partial charge is 0.492 e. The van der Waals surface area contributed by atoms with Crippen molar-refractivity contribution in [3.63, 3.8) is 0 Å². The SMILES string of the molecule is CCOc1ccc(Cl)cc1NCC1CCOC1. The lowest BCUT2D eigenvalue weighted by atomic mass is 10.1. The van der Waals surface area contributed by atoms with Gasteiger partial charge in [0.25, 0.3) is 0 Å². The first kappa shape index (κ1) is 12.5. The maximum atomic E-state index is 5.99. The predicted molar refractivity (Wildman–Crippen MR) is 70.0 cm³/mol. The minimum atomic E-state index is 0.587. The minimum Gasteiger partial charge on any atom is -0.492 e. The number of benzene rings is 1. The van der Waals surface area contributed by atoms with Crippen LogP contribution < -0.4 is 10.1 Å². The van der Waals surface area contributed by atoms with Gasteiger partial charge in [-0.2, -0.15) is 0 Å². The Morgan fingerprint density at radius 2 is 2.41 bits per heavy atom. The van der Waals surface area contributed by atoms with E-state index >= 15 is 0 Å². The zero-order valence-corrected chi connectivity index (χ0v) is 10.8. The van der Waals surface area contributed by atoms with Crippen molar-refractivity contribution in [3.8, 4) is 5.75 Å². The molecule has 94 valence electrons. The lowest BCUT2D eigenvalue weighted by Crippen LogP contribution is -2.14. The van der Waals surface area contributed by atoms with E-state index in [0.717, 1.165) is 42.6 Å². The van der Waals surface area contributed by atoms with Crippen molar-refractivity contribution in [3.05, 3.63) is 23.2 Å². The van der Waals surface area contributed by atoms with Crippen LogP contribution in [0.25, 0.3) is 0 Å². The summed E-state index contributed by atoms with van der Waals surface area (Å²) in [7, 11) is 0. The summed E-state index contributed by atoms with van der Waals surface area (Å²) >= 11 is 5.99. The van der Waals surface area contributed by atoms with Gasteiger partial charge < -0.3 is 14.8 Å². The molecule has 0 aromatic heterocycles. The maximum absolute atomic E-state index is 5.99. The van der Waals surface area contributed by atoms with Gasteiger partial charge in [0, 0.05) is 24.1 Å². The van der Waals surface area contributed by atoms with Crippen LogP contribution in [-0.4, -0.2) is 26.4 Å². The third kappa shape index (κ3) is 3.51. The average Bonchev–Trinajstić information content (AvgIpc) is 2.82. The number of anilines is 1. The van der Waals surface area contributed by atoms with Gasteiger partial charge in [0.2, 0.25) is 0 Å². The molecule has 3 nitrogen and oxygen atoms in total. The molecular formula is C13H18ClNO2. The Hall–Kier alpha value is -0.930. The molecule has 0 radical (unpaired) electrons. The van der Waals surface area contributed by atoms with Crippen LogP contribution >= 0.6 is 11.6 Å².